The molecule has 1 unspecified atom stereocenters. The van der Waals surface area contributed by atoms with Crippen LogP contribution in [0, 0.1) is 5.92 Å². The minimum absolute atomic E-state index is 0.0902. The van der Waals surface area contributed by atoms with Gasteiger partial charge in [-0.05, 0) is 25.0 Å². The van der Waals surface area contributed by atoms with Crippen LogP contribution in [0.25, 0.3) is 0 Å². The topological polar surface area (TPSA) is 38.3 Å². The van der Waals surface area contributed by atoms with Crippen molar-refractivity contribution in [2.24, 2.45) is 5.92 Å². The molecule has 0 bridgehead atoms. The van der Waals surface area contributed by atoms with Gasteiger partial charge in [-0.15, -0.1) is 0 Å². The Balaban J connectivity index is 0.00000154. The van der Waals surface area contributed by atoms with Crippen LogP contribution < -0.4 is 5.32 Å². The van der Waals surface area contributed by atoms with Crippen LogP contribution in [0.3, 0.4) is 0 Å². The molecule has 1 atom stereocenters. The average Bonchev–Trinajstić information content (AvgIpc) is 2.36. The number of hydrogen-bond acceptors (Lipinski definition) is 2. The quantitative estimate of drug-likeness (QED) is 0.617. The maximum Gasteiger partial charge on any atom is 0.220 e. The van der Waals surface area contributed by atoms with Gasteiger partial charge in [0.2, 0.25) is 5.91 Å². The molecule has 1 heterocycles. The molecule has 0 spiro atoms. The minimum Gasteiger partial charge on any atom is -0.493 e. The van der Waals surface area contributed by atoms with E-state index in [4.69, 9.17) is 16.3 Å². The number of carbonyl (C=O) groups is 1. The number of ether oxygens (including phenoxy) is 1. The van der Waals surface area contributed by atoms with Gasteiger partial charge in [0, 0.05) is 23.9 Å². The van der Waals surface area contributed by atoms with E-state index in [0.29, 0.717) is 23.8 Å². The van der Waals surface area contributed by atoms with E-state index in [-0.39, 0.29) is 11.8 Å². The van der Waals surface area contributed by atoms with E-state index in [2.05, 4.69) is 18.5 Å². The Morgan fingerprint density at radius 1 is 1.53 bits per heavy atom. The van der Waals surface area contributed by atoms with Gasteiger partial charge >= 0.3 is 0 Å². The lowest BCUT2D eigenvalue weighted by Gasteiger charge is -2.23. The van der Waals surface area contributed by atoms with Gasteiger partial charge in [-0.25, -0.2) is 0 Å². The van der Waals surface area contributed by atoms with E-state index >= 15 is 0 Å². The summed E-state index contributed by atoms with van der Waals surface area (Å²) in [5.74, 6) is 0.985. The molecule has 19 heavy (non-hydrogen) atoms. The molecule has 4 heteroatoms. The lowest BCUT2D eigenvalue weighted by molar-refractivity contribution is -0.124. The molecule has 0 aliphatic carbocycles. The summed E-state index contributed by atoms with van der Waals surface area (Å²) in [7, 11) is 0. The average molecular weight is 286 g/mol. The van der Waals surface area contributed by atoms with E-state index < -0.39 is 0 Å². The van der Waals surface area contributed by atoms with Crippen molar-refractivity contribution in [2.75, 3.05) is 13.2 Å². The standard InChI is InChI=1S/C13H18ClNO2.C2H6/c1-9(2)12(6-10(3)14)17-8-11-4-5-15-13(16)7-11;1-2/h6,11H,1,3-5,7-8H2,2H3,(H,15,16);1-2H3/b12-6+;. The number of hydrogen-bond donors (Lipinski definition) is 1. The molecule has 0 saturated carbocycles. The molecule has 1 fully saturated rings. The van der Waals surface area contributed by atoms with Gasteiger partial charge in [0.15, 0.2) is 0 Å². The molecule has 1 rings (SSSR count). The number of halogens is 1. The Morgan fingerprint density at radius 2 is 2.16 bits per heavy atom. The zero-order valence-corrected chi connectivity index (χ0v) is 12.8. The summed E-state index contributed by atoms with van der Waals surface area (Å²) in [5.41, 5.74) is 0.798. The molecule has 1 amide bonds. The van der Waals surface area contributed by atoms with E-state index in [9.17, 15) is 4.79 Å². The zero-order chi connectivity index (χ0) is 14.8. The summed E-state index contributed by atoms with van der Waals surface area (Å²) in [6, 6.07) is 0. The fourth-order valence-electron chi connectivity index (χ4n) is 1.63. The van der Waals surface area contributed by atoms with Crippen molar-refractivity contribution in [3.05, 3.63) is 35.6 Å². The summed E-state index contributed by atoms with van der Waals surface area (Å²) >= 11 is 5.71. The Morgan fingerprint density at radius 3 is 2.63 bits per heavy atom. The Bertz CT molecular complexity index is 361. The maximum absolute atomic E-state index is 11.2. The Kier molecular flexibility index (Phi) is 9.06. The summed E-state index contributed by atoms with van der Waals surface area (Å²) in [6.45, 7) is 14.5. The normalized spacial score (nSPS) is 18.8. The third-order valence-corrected chi connectivity index (χ3v) is 2.64. The molecule has 0 aromatic carbocycles. The fourth-order valence-corrected chi connectivity index (χ4v) is 1.73. The lowest BCUT2D eigenvalue weighted by atomic mass is 9.99. The van der Waals surface area contributed by atoms with E-state index in [1.54, 1.807) is 6.08 Å². The number of carbonyl (C=O) groups excluding carboxylic acids is 1. The molecule has 0 aromatic rings. The molecular weight excluding hydrogens is 262 g/mol. The number of rotatable bonds is 5. The van der Waals surface area contributed by atoms with Crippen molar-refractivity contribution in [1.82, 2.24) is 5.32 Å². The largest absolute Gasteiger partial charge is 0.493 e. The SMILES string of the molecule is C=C(Cl)/C=C(/OCC1CCNC(=O)C1)C(=C)C.CC. The van der Waals surface area contributed by atoms with Crippen molar-refractivity contribution >= 4 is 17.5 Å². The van der Waals surface area contributed by atoms with Crippen LogP contribution in [0.5, 0.6) is 0 Å². The summed E-state index contributed by atoms with van der Waals surface area (Å²) in [6.07, 6.45) is 3.11. The first kappa shape index (κ1) is 17.8. The predicted octanol–water partition coefficient (Wildman–Crippen LogP) is 3.77. The maximum atomic E-state index is 11.2. The molecule has 3 nitrogen and oxygen atoms in total. The van der Waals surface area contributed by atoms with Crippen LogP contribution in [-0.2, 0) is 9.53 Å². The molecule has 1 aliphatic heterocycles. The first-order chi connectivity index (χ1) is 8.99. The van der Waals surface area contributed by atoms with E-state index in [0.717, 1.165) is 18.5 Å². The van der Waals surface area contributed by atoms with Gasteiger partial charge in [0.05, 0.1) is 6.61 Å². The van der Waals surface area contributed by atoms with Gasteiger partial charge in [-0.3, -0.25) is 4.79 Å². The molecule has 1 N–H and O–H groups in total. The molecule has 0 radical (unpaired) electrons. The second kappa shape index (κ2) is 9.68. The van der Waals surface area contributed by atoms with Crippen LogP contribution in [0.2, 0.25) is 0 Å². The van der Waals surface area contributed by atoms with Crippen LogP contribution in [0.15, 0.2) is 35.6 Å². The highest BCUT2D eigenvalue weighted by Crippen LogP contribution is 2.18. The third-order valence-electron chi connectivity index (χ3n) is 2.53. The van der Waals surface area contributed by atoms with Crippen LogP contribution >= 0.6 is 11.6 Å². The van der Waals surface area contributed by atoms with E-state index in [1.807, 2.05) is 20.8 Å². The second-order valence-corrected chi connectivity index (χ2v) is 4.74. The highest BCUT2D eigenvalue weighted by molar-refractivity contribution is 6.30. The van der Waals surface area contributed by atoms with Crippen LogP contribution in [-0.4, -0.2) is 19.1 Å². The first-order valence-electron chi connectivity index (χ1n) is 6.60. The van der Waals surface area contributed by atoms with Crippen molar-refractivity contribution in [2.45, 2.75) is 33.6 Å². The number of amides is 1. The third kappa shape index (κ3) is 7.73. The monoisotopic (exact) mass is 285 g/mol. The lowest BCUT2D eigenvalue weighted by Crippen LogP contribution is -2.35. The molecule has 108 valence electrons. The van der Waals surface area contributed by atoms with Gasteiger partial charge in [-0.2, -0.15) is 0 Å². The van der Waals surface area contributed by atoms with Crippen molar-refractivity contribution in [3.8, 4) is 0 Å². The fraction of sp³-hybridized carbons (Fsp3) is 0.533. The van der Waals surface area contributed by atoms with Crippen molar-refractivity contribution in [3.63, 3.8) is 0 Å². The minimum atomic E-state index is 0.0902. The highest BCUT2D eigenvalue weighted by atomic mass is 35.5. The number of allylic oxidation sites excluding steroid dienone is 3. The Hall–Kier alpha value is -1.22. The van der Waals surface area contributed by atoms with Gasteiger partial charge < -0.3 is 10.1 Å². The van der Waals surface area contributed by atoms with Crippen molar-refractivity contribution in [1.29, 1.82) is 0 Å². The highest BCUT2D eigenvalue weighted by Gasteiger charge is 2.19. The predicted molar refractivity (Wildman–Crippen MR) is 80.9 cm³/mol. The van der Waals surface area contributed by atoms with Gasteiger partial charge in [0.25, 0.3) is 0 Å². The number of nitrogens with one attached hydrogen (secondary N) is 1. The first-order valence-corrected chi connectivity index (χ1v) is 6.98. The second-order valence-electron chi connectivity index (χ2n) is 4.26. The smallest absolute Gasteiger partial charge is 0.220 e. The molecular formula is C15H24ClNO2. The van der Waals surface area contributed by atoms with Gasteiger partial charge in [-0.1, -0.05) is 38.6 Å². The molecule has 0 aromatic heterocycles. The van der Waals surface area contributed by atoms with Crippen LogP contribution in [0.4, 0.5) is 0 Å². The van der Waals surface area contributed by atoms with Crippen LogP contribution in [0.1, 0.15) is 33.6 Å². The summed E-state index contributed by atoms with van der Waals surface area (Å²) in [5, 5.41) is 3.20. The molecule has 1 saturated heterocycles. The van der Waals surface area contributed by atoms with Crippen molar-refractivity contribution < 1.29 is 9.53 Å². The summed E-state index contributed by atoms with van der Waals surface area (Å²) < 4.78 is 5.64. The van der Waals surface area contributed by atoms with Gasteiger partial charge in [0.1, 0.15) is 5.76 Å². The van der Waals surface area contributed by atoms with E-state index in [1.165, 1.54) is 0 Å². The summed E-state index contributed by atoms with van der Waals surface area (Å²) in [4.78, 5) is 11.2. The number of piperidine rings is 1. The molecule has 1 aliphatic rings. The Labute approximate surface area is 121 Å². The zero-order valence-electron chi connectivity index (χ0n) is 12.1.